The quantitative estimate of drug-likeness (QED) is 0.628. The lowest BCUT2D eigenvalue weighted by atomic mass is 9.93. The fourth-order valence-corrected chi connectivity index (χ4v) is 6.33. The number of carbonyl (C=O) groups is 1. The highest BCUT2D eigenvalue weighted by Gasteiger charge is 2.38. The van der Waals surface area contributed by atoms with Gasteiger partial charge in [-0.2, -0.15) is 4.31 Å². The van der Waals surface area contributed by atoms with Crippen molar-refractivity contribution in [1.29, 1.82) is 0 Å². The van der Waals surface area contributed by atoms with Gasteiger partial charge in [0.05, 0.1) is 19.7 Å². The first kappa shape index (κ1) is 26.7. The van der Waals surface area contributed by atoms with Crippen molar-refractivity contribution >= 4 is 21.5 Å². The number of ether oxygens (including phenoxy) is 1. The number of nitrogens with zero attached hydrogens (tertiary/aromatic N) is 3. The molecule has 0 aromatic heterocycles. The van der Waals surface area contributed by atoms with Crippen molar-refractivity contribution in [2.24, 2.45) is 5.92 Å². The number of aliphatic hydroxyl groups is 1. The SMILES string of the molecule is C[C@@H]1CN([C@H](C)CO)S(=O)(=O)c2ccc(C3=CCCCC3)cc2O[C@H]1CN(C)C(=O)CN(C)C. The fourth-order valence-electron chi connectivity index (χ4n) is 4.51. The average molecular weight is 494 g/mol. The second-order valence-electron chi connectivity index (χ2n) is 9.89. The van der Waals surface area contributed by atoms with Gasteiger partial charge in [-0.1, -0.05) is 19.1 Å². The highest BCUT2D eigenvalue weighted by atomic mass is 32.2. The molecule has 2 aliphatic rings. The summed E-state index contributed by atoms with van der Waals surface area (Å²) in [5.74, 6) is 0.0746. The van der Waals surface area contributed by atoms with E-state index in [0.29, 0.717) is 12.3 Å². The Bertz CT molecular complexity index is 1010. The van der Waals surface area contributed by atoms with E-state index in [1.165, 1.54) is 16.3 Å². The lowest BCUT2D eigenvalue weighted by Crippen LogP contribution is -2.50. The number of sulfonamides is 1. The molecule has 1 N–H and O–H groups in total. The van der Waals surface area contributed by atoms with Gasteiger partial charge in [0.25, 0.3) is 0 Å². The maximum absolute atomic E-state index is 13.6. The third-order valence-electron chi connectivity index (χ3n) is 6.66. The van der Waals surface area contributed by atoms with Crippen LogP contribution in [0.4, 0.5) is 0 Å². The Morgan fingerprint density at radius 2 is 2.00 bits per heavy atom. The van der Waals surface area contributed by atoms with Gasteiger partial charge < -0.3 is 19.6 Å². The molecule has 1 aromatic rings. The normalized spacial score (nSPS) is 23.8. The van der Waals surface area contributed by atoms with Crippen LogP contribution in [0.25, 0.3) is 5.57 Å². The number of fused-ring (bicyclic) bond motifs is 1. The first-order valence-corrected chi connectivity index (χ1v) is 13.5. The molecule has 1 aliphatic heterocycles. The van der Waals surface area contributed by atoms with Crippen molar-refractivity contribution in [1.82, 2.24) is 14.1 Å². The zero-order valence-electron chi connectivity index (χ0n) is 21.0. The Morgan fingerprint density at radius 1 is 1.26 bits per heavy atom. The van der Waals surface area contributed by atoms with Crippen LogP contribution in [0.1, 0.15) is 45.1 Å². The molecule has 1 heterocycles. The fraction of sp³-hybridized carbons (Fsp3) is 0.640. The molecule has 0 spiro atoms. The number of hydrogen-bond acceptors (Lipinski definition) is 6. The molecule has 0 radical (unpaired) electrons. The van der Waals surface area contributed by atoms with Crippen LogP contribution in [0.3, 0.4) is 0 Å². The molecule has 1 amide bonds. The van der Waals surface area contributed by atoms with E-state index >= 15 is 0 Å². The number of likely N-dealkylation sites (N-methyl/N-ethyl adjacent to an activating group) is 2. The van der Waals surface area contributed by atoms with Gasteiger partial charge in [0.15, 0.2) is 0 Å². The highest BCUT2D eigenvalue weighted by molar-refractivity contribution is 7.89. The van der Waals surface area contributed by atoms with Crippen LogP contribution in [-0.2, 0) is 14.8 Å². The summed E-state index contributed by atoms with van der Waals surface area (Å²) in [6.07, 6.45) is 6.07. The predicted molar refractivity (Wildman–Crippen MR) is 133 cm³/mol. The average Bonchev–Trinajstić information content (AvgIpc) is 2.80. The van der Waals surface area contributed by atoms with Crippen LogP contribution in [0.2, 0.25) is 0 Å². The summed E-state index contributed by atoms with van der Waals surface area (Å²) in [5, 5.41) is 9.80. The second kappa shape index (κ2) is 11.2. The highest BCUT2D eigenvalue weighted by Crippen LogP contribution is 2.37. The van der Waals surface area contributed by atoms with E-state index in [9.17, 15) is 18.3 Å². The molecule has 3 atom stereocenters. The molecule has 0 bridgehead atoms. The van der Waals surface area contributed by atoms with E-state index in [-0.39, 0.29) is 36.4 Å². The summed E-state index contributed by atoms with van der Waals surface area (Å²) in [6, 6.07) is 4.73. The molecule has 0 saturated carbocycles. The zero-order chi connectivity index (χ0) is 25.0. The first-order valence-electron chi connectivity index (χ1n) is 12.1. The minimum absolute atomic E-state index is 0.0302. The van der Waals surface area contributed by atoms with Crippen molar-refractivity contribution in [2.75, 3.05) is 47.4 Å². The molecule has 34 heavy (non-hydrogen) atoms. The summed E-state index contributed by atoms with van der Waals surface area (Å²) >= 11 is 0. The van der Waals surface area contributed by atoms with Gasteiger partial charge in [-0.25, -0.2) is 8.42 Å². The predicted octanol–water partition coefficient (Wildman–Crippen LogP) is 2.43. The number of benzene rings is 1. The summed E-state index contributed by atoms with van der Waals surface area (Å²) in [4.78, 5) is 16.2. The van der Waals surface area contributed by atoms with Gasteiger partial charge in [0, 0.05) is 25.6 Å². The molecular formula is C25H39N3O5S. The van der Waals surface area contributed by atoms with Crippen molar-refractivity contribution in [3.8, 4) is 5.75 Å². The lowest BCUT2D eigenvalue weighted by Gasteiger charge is -2.37. The third-order valence-corrected chi connectivity index (χ3v) is 8.68. The molecule has 0 fully saturated rings. The van der Waals surface area contributed by atoms with Crippen molar-refractivity contribution in [3.63, 3.8) is 0 Å². The van der Waals surface area contributed by atoms with E-state index in [1.807, 2.05) is 38.1 Å². The Labute approximate surface area is 204 Å². The van der Waals surface area contributed by atoms with Crippen LogP contribution in [-0.4, -0.2) is 93.1 Å². The van der Waals surface area contributed by atoms with E-state index in [1.54, 1.807) is 24.9 Å². The molecule has 0 saturated heterocycles. The summed E-state index contributed by atoms with van der Waals surface area (Å²) in [5.41, 5.74) is 2.18. The number of rotatable bonds is 7. The maximum Gasteiger partial charge on any atom is 0.247 e. The maximum atomic E-state index is 13.6. The first-order chi connectivity index (χ1) is 16.0. The summed E-state index contributed by atoms with van der Waals surface area (Å²) in [6.45, 7) is 4.17. The van der Waals surface area contributed by atoms with Gasteiger partial charge >= 0.3 is 0 Å². The standard InChI is InChI=1S/C25H39N3O5S/c1-18-14-28(19(2)17-29)34(31,32)24-12-11-21(20-9-7-6-8-10-20)13-22(24)33-23(18)15-27(5)25(30)16-26(3)4/h9,11-13,18-19,23,29H,6-8,10,14-17H2,1-5H3/t18-,19-,23+/m1/s1. The van der Waals surface area contributed by atoms with Crippen LogP contribution in [0.5, 0.6) is 5.75 Å². The minimum atomic E-state index is -3.88. The third kappa shape index (κ3) is 6.00. The monoisotopic (exact) mass is 493 g/mol. The van der Waals surface area contributed by atoms with E-state index in [4.69, 9.17) is 4.74 Å². The van der Waals surface area contributed by atoms with E-state index in [2.05, 4.69) is 6.08 Å². The molecule has 3 rings (SSSR count). The zero-order valence-corrected chi connectivity index (χ0v) is 21.8. The van der Waals surface area contributed by atoms with Crippen molar-refractivity contribution in [2.45, 2.75) is 56.6 Å². The Morgan fingerprint density at radius 3 is 2.62 bits per heavy atom. The number of hydrogen-bond donors (Lipinski definition) is 1. The Kier molecular flexibility index (Phi) is 8.78. The second-order valence-corrected chi connectivity index (χ2v) is 11.7. The number of amides is 1. The van der Waals surface area contributed by atoms with Crippen molar-refractivity contribution < 1.29 is 23.1 Å². The molecule has 190 valence electrons. The molecule has 1 aliphatic carbocycles. The van der Waals surface area contributed by atoms with Crippen molar-refractivity contribution in [3.05, 3.63) is 29.8 Å². The Hall–Kier alpha value is -1.94. The van der Waals surface area contributed by atoms with Crippen LogP contribution < -0.4 is 4.74 Å². The van der Waals surface area contributed by atoms with Gasteiger partial charge in [0.1, 0.15) is 16.7 Å². The van der Waals surface area contributed by atoms with Gasteiger partial charge in [-0.05, 0) is 70.0 Å². The van der Waals surface area contributed by atoms with Gasteiger partial charge in [-0.15, -0.1) is 0 Å². The lowest BCUT2D eigenvalue weighted by molar-refractivity contribution is -0.132. The van der Waals surface area contributed by atoms with Gasteiger partial charge in [0.2, 0.25) is 15.9 Å². The number of aliphatic hydroxyl groups excluding tert-OH is 1. The van der Waals surface area contributed by atoms with Gasteiger partial charge in [-0.3, -0.25) is 4.79 Å². The summed E-state index contributed by atoms with van der Waals surface area (Å²) < 4.78 is 35.0. The van der Waals surface area contributed by atoms with Crippen LogP contribution >= 0.6 is 0 Å². The molecule has 0 unspecified atom stereocenters. The minimum Gasteiger partial charge on any atom is -0.487 e. The summed E-state index contributed by atoms with van der Waals surface area (Å²) in [7, 11) is 1.56. The molecule has 1 aromatic carbocycles. The number of carbonyl (C=O) groups excluding carboxylic acids is 1. The largest absolute Gasteiger partial charge is 0.487 e. The van der Waals surface area contributed by atoms with E-state index < -0.39 is 22.2 Å². The smallest absolute Gasteiger partial charge is 0.247 e. The van der Waals surface area contributed by atoms with Crippen LogP contribution in [0, 0.1) is 5.92 Å². The molecular weight excluding hydrogens is 454 g/mol. The topological polar surface area (TPSA) is 90.4 Å². The van der Waals surface area contributed by atoms with E-state index in [0.717, 1.165) is 24.8 Å². The molecule has 8 nitrogen and oxygen atoms in total. The molecule has 9 heteroatoms. The Balaban J connectivity index is 2.03. The van der Waals surface area contributed by atoms with Crippen LogP contribution in [0.15, 0.2) is 29.2 Å². The number of allylic oxidation sites excluding steroid dienone is 2.